The number of nitrogens with zero attached hydrogens (tertiary/aromatic N) is 2. The summed E-state index contributed by atoms with van der Waals surface area (Å²) in [4.78, 5) is 7.89. The lowest BCUT2D eigenvalue weighted by molar-refractivity contribution is 0.925. The normalized spacial score (nSPS) is 10.7. The third-order valence-corrected chi connectivity index (χ3v) is 4.98. The fourth-order valence-electron chi connectivity index (χ4n) is 1.27. The Kier molecular flexibility index (Phi) is 4.24. The molecule has 0 bridgehead atoms. The molecular formula is C10H10BrClN2S2. The molecule has 2 rings (SSSR count). The molecule has 16 heavy (non-hydrogen) atoms. The van der Waals surface area contributed by atoms with E-state index in [0.29, 0.717) is 5.88 Å². The lowest BCUT2D eigenvalue weighted by Crippen LogP contribution is -2.15. The first-order valence-corrected chi connectivity index (χ1v) is 7.72. The molecular weight excluding hydrogens is 328 g/mol. The number of hydrogen-bond donors (Lipinski definition) is 0. The number of anilines is 1. The molecule has 0 aliphatic carbocycles. The van der Waals surface area contributed by atoms with Crippen molar-refractivity contribution in [3.63, 3.8) is 0 Å². The number of thiophene rings is 1. The van der Waals surface area contributed by atoms with E-state index in [1.165, 1.54) is 4.88 Å². The Balaban J connectivity index is 2.05. The van der Waals surface area contributed by atoms with Crippen LogP contribution in [0.2, 0.25) is 0 Å². The van der Waals surface area contributed by atoms with Crippen molar-refractivity contribution in [2.45, 2.75) is 12.4 Å². The van der Waals surface area contributed by atoms with E-state index in [1.54, 1.807) is 22.7 Å². The van der Waals surface area contributed by atoms with E-state index >= 15 is 0 Å². The van der Waals surface area contributed by atoms with Gasteiger partial charge in [0.15, 0.2) is 5.13 Å². The topological polar surface area (TPSA) is 16.1 Å². The molecule has 0 amide bonds. The Morgan fingerprint density at radius 2 is 2.25 bits per heavy atom. The Morgan fingerprint density at radius 1 is 1.44 bits per heavy atom. The molecule has 0 saturated carbocycles. The van der Waals surface area contributed by atoms with Gasteiger partial charge in [0.1, 0.15) is 0 Å². The van der Waals surface area contributed by atoms with Crippen LogP contribution in [0.25, 0.3) is 0 Å². The van der Waals surface area contributed by atoms with Crippen molar-refractivity contribution in [3.05, 3.63) is 31.9 Å². The average Bonchev–Trinajstić information content (AvgIpc) is 2.87. The van der Waals surface area contributed by atoms with Gasteiger partial charge in [-0.15, -0.1) is 34.3 Å². The van der Waals surface area contributed by atoms with E-state index in [9.17, 15) is 0 Å². The second-order valence-corrected chi connectivity index (χ2v) is 6.36. The fourth-order valence-corrected chi connectivity index (χ4v) is 3.79. The highest BCUT2D eigenvalue weighted by Crippen LogP contribution is 2.25. The molecule has 0 aliphatic rings. The van der Waals surface area contributed by atoms with Crippen LogP contribution < -0.4 is 4.90 Å². The zero-order valence-corrected chi connectivity index (χ0v) is 12.6. The molecule has 0 aliphatic heterocycles. The highest BCUT2D eigenvalue weighted by atomic mass is 79.9. The maximum Gasteiger partial charge on any atom is 0.185 e. The van der Waals surface area contributed by atoms with E-state index in [2.05, 4.69) is 37.3 Å². The number of hydrogen-bond acceptors (Lipinski definition) is 4. The molecule has 6 heteroatoms. The first-order valence-electron chi connectivity index (χ1n) is 4.63. The minimum atomic E-state index is 0.481. The molecule has 0 saturated heterocycles. The highest BCUT2D eigenvalue weighted by molar-refractivity contribution is 9.10. The van der Waals surface area contributed by atoms with Crippen molar-refractivity contribution in [3.8, 4) is 0 Å². The minimum Gasteiger partial charge on any atom is -0.346 e. The van der Waals surface area contributed by atoms with Crippen LogP contribution >= 0.6 is 50.2 Å². The van der Waals surface area contributed by atoms with Gasteiger partial charge in [-0.25, -0.2) is 4.98 Å². The van der Waals surface area contributed by atoms with Crippen molar-refractivity contribution in [2.24, 2.45) is 0 Å². The van der Waals surface area contributed by atoms with Gasteiger partial charge < -0.3 is 4.90 Å². The largest absolute Gasteiger partial charge is 0.346 e. The standard InChI is InChI=1S/C10H10BrClN2S2/c1-14(4-9-2-7(11)5-15-9)10-13-8(3-12)6-16-10/h2,5-6H,3-4H2,1H3. The lowest BCUT2D eigenvalue weighted by Gasteiger charge is -2.13. The molecule has 0 radical (unpaired) electrons. The van der Waals surface area contributed by atoms with Crippen molar-refractivity contribution < 1.29 is 0 Å². The molecule has 0 atom stereocenters. The third kappa shape index (κ3) is 2.97. The summed E-state index contributed by atoms with van der Waals surface area (Å²) in [6.07, 6.45) is 0. The lowest BCUT2D eigenvalue weighted by atomic mass is 10.4. The fraction of sp³-hybridized carbons (Fsp3) is 0.300. The van der Waals surface area contributed by atoms with Crippen molar-refractivity contribution in [2.75, 3.05) is 11.9 Å². The molecule has 0 aromatic carbocycles. The van der Waals surface area contributed by atoms with Crippen LogP contribution in [-0.4, -0.2) is 12.0 Å². The summed E-state index contributed by atoms with van der Waals surface area (Å²) in [6.45, 7) is 0.880. The molecule has 0 spiro atoms. The van der Waals surface area contributed by atoms with Gasteiger partial charge in [0, 0.05) is 27.2 Å². The Bertz CT molecular complexity index is 469. The monoisotopic (exact) mass is 336 g/mol. The molecule has 0 N–H and O–H groups in total. The van der Waals surface area contributed by atoms with Gasteiger partial charge in [-0.1, -0.05) is 0 Å². The van der Waals surface area contributed by atoms with Crippen LogP contribution in [-0.2, 0) is 12.4 Å². The van der Waals surface area contributed by atoms with Crippen LogP contribution in [0.5, 0.6) is 0 Å². The van der Waals surface area contributed by atoms with Crippen LogP contribution in [0.3, 0.4) is 0 Å². The van der Waals surface area contributed by atoms with Crippen molar-refractivity contribution in [1.82, 2.24) is 4.98 Å². The third-order valence-electron chi connectivity index (χ3n) is 2.02. The SMILES string of the molecule is CN(Cc1cc(Br)cs1)c1nc(CCl)cs1. The smallest absolute Gasteiger partial charge is 0.185 e. The Morgan fingerprint density at radius 3 is 2.81 bits per heavy atom. The first-order chi connectivity index (χ1) is 7.69. The molecule has 2 heterocycles. The number of alkyl halides is 1. The van der Waals surface area contributed by atoms with Gasteiger partial charge in [-0.3, -0.25) is 0 Å². The van der Waals surface area contributed by atoms with Gasteiger partial charge >= 0.3 is 0 Å². The molecule has 86 valence electrons. The van der Waals surface area contributed by atoms with E-state index in [1.807, 2.05) is 12.4 Å². The number of rotatable bonds is 4. The van der Waals surface area contributed by atoms with Crippen molar-refractivity contribution in [1.29, 1.82) is 0 Å². The van der Waals surface area contributed by atoms with Crippen LogP contribution in [0.15, 0.2) is 21.3 Å². The second-order valence-electron chi connectivity index (χ2n) is 3.34. The summed E-state index contributed by atoms with van der Waals surface area (Å²) < 4.78 is 1.14. The van der Waals surface area contributed by atoms with Gasteiger partial charge in [-0.2, -0.15) is 0 Å². The summed E-state index contributed by atoms with van der Waals surface area (Å²) in [6, 6.07) is 2.14. The maximum absolute atomic E-state index is 5.73. The predicted octanol–water partition coefficient (Wildman–Crippen LogP) is 4.34. The molecule has 0 unspecified atom stereocenters. The summed E-state index contributed by atoms with van der Waals surface area (Å²) in [5, 5.41) is 5.11. The minimum absolute atomic E-state index is 0.481. The summed E-state index contributed by atoms with van der Waals surface area (Å²) in [7, 11) is 2.05. The Labute approximate surface area is 116 Å². The number of halogens is 2. The molecule has 2 aromatic heterocycles. The second kappa shape index (κ2) is 5.49. The molecule has 2 aromatic rings. The van der Waals surface area contributed by atoms with Gasteiger partial charge in [0.2, 0.25) is 0 Å². The van der Waals surface area contributed by atoms with E-state index < -0.39 is 0 Å². The van der Waals surface area contributed by atoms with E-state index in [-0.39, 0.29) is 0 Å². The number of aromatic nitrogens is 1. The molecule has 2 nitrogen and oxygen atoms in total. The predicted molar refractivity (Wildman–Crippen MR) is 75.8 cm³/mol. The Hall–Kier alpha value is -0.100. The highest BCUT2D eigenvalue weighted by Gasteiger charge is 2.08. The zero-order valence-electron chi connectivity index (χ0n) is 8.61. The number of thiazole rings is 1. The van der Waals surface area contributed by atoms with Crippen LogP contribution in [0.1, 0.15) is 10.6 Å². The van der Waals surface area contributed by atoms with E-state index in [4.69, 9.17) is 11.6 Å². The van der Waals surface area contributed by atoms with Gasteiger partial charge in [-0.05, 0) is 22.0 Å². The summed E-state index contributed by atoms with van der Waals surface area (Å²) in [5.41, 5.74) is 0.945. The first kappa shape index (κ1) is 12.4. The van der Waals surface area contributed by atoms with E-state index in [0.717, 1.165) is 21.8 Å². The van der Waals surface area contributed by atoms with Crippen molar-refractivity contribution >= 4 is 55.3 Å². The molecule has 0 fully saturated rings. The van der Waals surface area contributed by atoms with Gasteiger partial charge in [0.25, 0.3) is 0 Å². The zero-order chi connectivity index (χ0) is 11.5. The summed E-state index contributed by atoms with van der Waals surface area (Å²) in [5.74, 6) is 0.481. The van der Waals surface area contributed by atoms with Gasteiger partial charge in [0.05, 0.1) is 18.1 Å². The quantitative estimate of drug-likeness (QED) is 0.771. The summed E-state index contributed by atoms with van der Waals surface area (Å²) >= 11 is 12.6. The van der Waals surface area contributed by atoms with Crippen LogP contribution in [0, 0.1) is 0 Å². The van der Waals surface area contributed by atoms with Crippen LogP contribution in [0.4, 0.5) is 5.13 Å². The average molecular weight is 338 g/mol. The maximum atomic E-state index is 5.73.